The third-order valence-corrected chi connectivity index (χ3v) is 6.28. The van der Waals surface area contributed by atoms with Crippen LogP contribution in [0, 0.1) is 6.92 Å². The zero-order chi connectivity index (χ0) is 21.7. The average molecular weight is 430 g/mol. The predicted molar refractivity (Wildman–Crippen MR) is 116 cm³/mol. The van der Waals surface area contributed by atoms with Crippen molar-refractivity contribution < 1.29 is 18.0 Å². The summed E-state index contributed by atoms with van der Waals surface area (Å²) in [5.41, 5.74) is 3.34. The molecule has 0 bridgehead atoms. The van der Waals surface area contributed by atoms with Gasteiger partial charge < -0.3 is 10.2 Å². The van der Waals surface area contributed by atoms with E-state index in [1.165, 1.54) is 0 Å². The average Bonchev–Trinajstić information content (AvgIpc) is 3.10. The summed E-state index contributed by atoms with van der Waals surface area (Å²) in [6.07, 6.45) is 2.54. The van der Waals surface area contributed by atoms with Gasteiger partial charge in [-0.3, -0.25) is 13.9 Å². The SMILES string of the molecule is Cc1ccc(N(CC(=O)NCc2ccccc2CN2CCCC2=O)S(C)(=O)=O)cc1. The van der Waals surface area contributed by atoms with E-state index in [4.69, 9.17) is 0 Å². The van der Waals surface area contributed by atoms with E-state index in [1.54, 1.807) is 24.3 Å². The molecule has 30 heavy (non-hydrogen) atoms. The molecular weight excluding hydrogens is 402 g/mol. The minimum absolute atomic E-state index is 0.149. The van der Waals surface area contributed by atoms with E-state index >= 15 is 0 Å². The minimum Gasteiger partial charge on any atom is -0.350 e. The first kappa shape index (κ1) is 21.8. The number of likely N-dealkylation sites (tertiary alicyclic amines) is 1. The van der Waals surface area contributed by atoms with Crippen molar-refractivity contribution in [1.82, 2.24) is 10.2 Å². The molecule has 0 atom stereocenters. The van der Waals surface area contributed by atoms with Crippen molar-refractivity contribution in [3.8, 4) is 0 Å². The summed E-state index contributed by atoms with van der Waals surface area (Å²) >= 11 is 0. The van der Waals surface area contributed by atoms with Gasteiger partial charge in [-0.1, -0.05) is 42.0 Å². The fourth-order valence-electron chi connectivity index (χ4n) is 3.45. The van der Waals surface area contributed by atoms with Gasteiger partial charge in [0.2, 0.25) is 21.8 Å². The highest BCUT2D eigenvalue weighted by molar-refractivity contribution is 7.92. The number of nitrogens with zero attached hydrogens (tertiary/aromatic N) is 2. The summed E-state index contributed by atoms with van der Waals surface area (Å²) in [7, 11) is -3.61. The first-order valence-electron chi connectivity index (χ1n) is 9.89. The molecule has 3 rings (SSSR count). The van der Waals surface area contributed by atoms with Crippen LogP contribution in [0.2, 0.25) is 0 Å². The van der Waals surface area contributed by atoms with Crippen molar-refractivity contribution in [2.24, 2.45) is 0 Å². The molecule has 1 aliphatic heterocycles. The molecule has 8 heteroatoms. The van der Waals surface area contributed by atoms with Crippen molar-refractivity contribution >= 4 is 27.5 Å². The van der Waals surface area contributed by atoms with Crippen LogP contribution in [0.15, 0.2) is 48.5 Å². The lowest BCUT2D eigenvalue weighted by Crippen LogP contribution is -2.40. The third-order valence-electron chi connectivity index (χ3n) is 5.14. The van der Waals surface area contributed by atoms with Gasteiger partial charge in [-0.25, -0.2) is 8.42 Å². The van der Waals surface area contributed by atoms with Gasteiger partial charge in [0.05, 0.1) is 11.9 Å². The molecule has 1 aliphatic rings. The molecule has 0 unspecified atom stereocenters. The number of sulfonamides is 1. The number of carbonyl (C=O) groups excluding carboxylic acids is 2. The van der Waals surface area contributed by atoms with Gasteiger partial charge in [0.1, 0.15) is 6.54 Å². The summed E-state index contributed by atoms with van der Waals surface area (Å²) in [5.74, 6) is -0.246. The molecule has 1 fully saturated rings. The number of amides is 2. The summed E-state index contributed by atoms with van der Waals surface area (Å²) < 4.78 is 25.5. The zero-order valence-corrected chi connectivity index (χ0v) is 18.1. The lowest BCUT2D eigenvalue weighted by Gasteiger charge is -2.22. The van der Waals surface area contributed by atoms with Crippen LogP contribution in [0.5, 0.6) is 0 Å². The van der Waals surface area contributed by atoms with Gasteiger partial charge >= 0.3 is 0 Å². The normalized spacial score (nSPS) is 14.1. The number of benzene rings is 2. The first-order valence-corrected chi connectivity index (χ1v) is 11.7. The Morgan fingerprint density at radius 1 is 1.10 bits per heavy atom. The van der Waals surface area contributed by atoms with Crippen LogP contribution in [-0.4, -0.2) is 44.5 Å². The zero-order valence-electron chi connectivity index (χ0n) is 17.3. The van der Waals surface area contributed by atoms with Gasteiger partial charge in [-0.05, 0) is 36.6 Å². The highest BCUT2D eigenvalue weighted by Crippen LogP contribution is 2.19. The fraction of sp³-hybridized carbons (Fsp3) is 0.364. The van der Waals surface area contributed by atoms with Crippen LogP contribution in [0.25, 0.3) is 0 Å². The standard InChI is InChI=1S/C22H27N3O4S/c1-17-9-11-20(12-10-17)25(30(2,28)29)16-21(26)23-14-18-6-3-4-7-19(18)15-24-13-5-8-22(24)27/h3-4,6-7,9-12H,5,8,13-16H2,1-2H3,(H,23,26). The molecule has 0 aliphatic carbocycles. The maximum absolute atomic E-state index is 12.5. The Labute approximate surface area is 177 Å². The largest absolute Gasteiger partial charge is 0.350 e. The number of hydrogen-bond donors (Lipinski definition) is 1. The van der Waals surface area contributed by atoms with E-state index in [2.05, 4.69) is 5.32 Å². The molecule has 2 amide bonds. The molecule has 2 aromatic carbocycles. The van der Waals surface area contributed by atoms with Crippen LogP contribution < -0.4 is 9.62 Å². The topological polar surface area (TPSA) is 86.8 Å². The molecule has 2 aromatic rings. The Morgan fingerprint density at radius 2 is 1.77 bits per heavy atom. The van der Waals surface area contributed by atoms with Crippen LogP contribution in [-0.2, 0) is 32.7 Å². The molecule has 7 nitrogen and oxygen atoms in total. The lowest BCUT2D eigenvalue weighted by molar-refractivity contribution is -0.128. The highest BCUT2D eigenvalue weighted by atomic mass is 32.2. The van der Waals surface area contributed by atoms with E-state index in [1.807, 2.05) is 36.1 Å². The van der Waals surface area contributed by atoms with Crippen molar-refractivity contribution in [2.75, 3.05) is 23.7 Å². The maximum atomic E-state index is 12.5. The highest BCUT2D eigenvalue weighted by Gasteiger charge is 2.22. The Balaban J connectivity index is 1.66. The lowest BCUT2D eigenvalue weighted by atomic mass is 10.1. The Bertz CT molecular complexity index is 1020. The molecule has 1 heterocycles. The third kappa shape index (κ3) is 5.60. The minimum atomic E-state index is -3.61. The summed E-state index contributed by atoms with van der Waals surface area (Å²) in [4.78, 5) is 26.3. The smallest absolute Gasteiger partial charge is 0.241 e. The number of carbonyl (C=O) groups is 2. The summed E-state index contributed by atoms with van der Waals surface area (Å²) in [6, 6.07) is 14.6. The molecule has 0 aromatic heterocycles. The number of nitrogens with one attached hydrogen (secondary N) is 1. The molecule has 1 saturated heterocycles. The molecule has 1 N–H and O–H groups in total. The second kappa shape index (κ2) is 9.30. The van der Waals surface area contributed by atoms with Crippen molar-refractivity contribution in [3.63, 3.8) is 0 Å². The Kier molecular flexibility index (Phi) is 6.77. The van der Waals surface area contributed by atoms with Gasteiger partial charge in [0.15, 0.2) is 0 Å². The quantitative estimate of drug-likeness (QED) is 0.697. The number of hydrogen-bond acceptors (Lipinski definition) is 4. The molecule has 0 spiro atoms. The van der Waals surface area contributed by atoms with Crippen molar-refractivity contribution in [1.29, 1.82) is 0 Å². The number of rotatable bonds is 8. The van der Waals surface area contributed by atoms with E-state index in [0.717, 1.165) is 40.2 Å². The number of aryl methyl sites for hydroxylation is 1. The van der Waals surface area contributed by atoms with Crippen LogP contribution in [0.1, 0.15) is 29.5 Å². The monoisotopic (exact) mass is 429 g/mol. The molecule has 0 saturated carbocycles. The second-order valence-corrected chi connectivity index (χ2v) is 9.48. The predicted octanol–water partition coefficient (Wildman–Crippen LogP) is 2.20. The van der Waals surface area contributed by atoms with Crippen LogP contribution >= 0.6 is 0 Å². The van der Waals surface area contributed by atoms with E-state index in [0.29, 0.717) is 18.7 Å². The fourth-order valence-corrected chi connectivity index (χ4v) is 4.31. The summed E-state index contributed by atoms with van der Waals surface area (Å²) in [6.45, 7) is 3.15. The Hall–Kier alpha value is -2.87. The first-order chi connectivity index (χ1) is 14.2. The van der Waals surface area contributed by atoms with E-state index in [9.17, 15) is 18.0 Å². The molecule has 0 radical (unpaired) electrons. The Morgan fingerprint density at radius 3 is 2.37 bits per heavy atom. The van der Waals surface area contributed by atoms with Gasteiger partial charge in [-0.15, -0.1) is 0 Å². The van der Waals surface area contributed by atoms with Crippen molar-refractivity contribution in [2.45, 2.75) is 32.9 Å². The van der Waals surface area contributed by atoms with Gasteiger partial charge in [0, 0.05) is 26.1 Å². The van der Waals surface area contributed by atoms with E-state index < -0.39 is 15.9 Å². The van der Waals surface area contributed by atoms with Crippen molar-refractivity contribution in [3.05, 3.63) is 65.2 Å². The maximum Gasteiger partial charge on any atom is 0.241 e. The van der Waals surface area contributed by atoms with Crippen LogP contribution in [0.4, 0.5) is 5.69 Å². The molecule has 160 valence electrons. The summed E-state index contributed by atoms with van der Waals surface area (Å²) in [5, 5.41) is 2.81. The number of anilines is 1. The van der Waals surface area contributed by atoms with E-state index in [-0.39, 0.29) is 19.0 Å². The van der Waals surface area contributed by atoms with Gasteiger partial charge in [0.25, 0.3) is 0 Å². The second-order valence-electron chi connectivity index (χ2n) is 7.57. The van der Waals surface area contributed by atoms with Crippen LogP contribution in [0.3, 0.4) is 0 Å². The molecular formula is C22H27N3O4S. The van der Waals surface area contributed by atoms with Gasteiger partial charge in [-0.2, -0.15) is 0 Å².